The van der Waals surface area contributed by atoms with Gasteiger partial charge in [0, 0.05) is 36.0 Å². The van der Waals surface area contributed by atoms with Crippen LogP contribution in [0.1, 0.15) is 35.6 Å². The molecule has 2 amide bonds. The van der Waals surface area contributed by atoms with Crippen molar-refractivity contribution >= 4 is 11.7 Å². The Morgan fingerprint density at radius 3 is 2.67 bits per heavy atom. The zero-order valence-electron chi connectivity index (χ0n) is 17.7. The van der Waals surface area contributed by atoms with Gasteiger partial charge in [-0.1, -0.05) is 29.8 Å². The van der Waals surface area contributed by atoms with Crippen LogP contribution in [0.15, 0.2) is 48.5 Å². The zero-order chi connectivity index (χ0) is 21.1. The van der Waals surface area contributed by atoms with Crippen molar-refractivity contribution in [2.45, 2.75) is 32.6 Å². The number of rotatable bonds is 4. The van der Waals surface area contributed by atoms with E-state index in [0.29, 0.717) is 5.92 Å². The van der Waals surface area contributed by atoms with Crippen LogP contribution in [0, 0.1) is 13.8 Å². The number of benzene rings is 2. The Kier molecular flexibility index (Phi) is 5.74. The molecule has 1 aliphatic heterocycles. The number of likely N-dealkylation sites (tertiary alicyclic amines) is 1. The molecule has 0 atom stereocenters. The number of amides is 2. The average molecular weight is 405 g/mol. The summed E-state index contributed by atoms with van der Waals surface area (Å²) < 4.78 is 5.31. The molecular formula is C24H28N4O2. The van der Waals surface area contributed by atoms with Gasteiger partial charge in [-0.3, -0.25) is 5.10 Å². The van der Waals surface area contributed by atoms with Crippen LogP contribution in [0.4, 0.5) is 10.5 Å². The fourth-order valence-corrected chi connectivity index (χ4v) is 4.02. The Morgan fingerprint density at radius 2 is 1.93 bits per heavy atom. The Balaban J connectivity index is 1.36. The first-order chi connectivity index (χ1) is 14.5. The van der Waals surface area contributed by atoms with E-state index in [0.717, 1.165) is 59.9 Å². The van der Waals surface area contributed by atoms with Crippen molar-refractivity contribution in [2.75, 3.05) is 25.5 Å². The van der Waals surface area contributed by atoms with E-state index in [1.54, 1.807) is 7.11 Å². The molecule has 0 aliphatic carbocycles. The summed E-state index contributed by atoms with van der Waals surface area (Å²) in [5.74, 6) is 1.20. The summed E-state index contributed by atoms with van der Waals surface area (Å²) in [6, 6.07) is 16.1. The molecule has 4 rings (SSSR count). The molecule has 6 nitrogen and oxygen atoms in total. The first-order valence-corrected chi connectivity index (χ1v) is 10.4. The number of urea groups is 1. The molecule has 3 aromatic rings. The summed E-state index contributed by atoms with van der Waals surface area (Å²) in [4.78, 5) is 14.6. The lowest BCUT2D eigenvalue weighted by Gasteiger charge is -2.31. The molecule has 2 N–H and O–H groups in total. The number of H-pyrrole nitrogens is 1. The van der Waals surface area contributed by atoms with Crippen molar-refractivity contribution in [2.24, 2.45) is 0 Å². The van der Waals surface area contributed by atoms with Gasteiger partial charge in [-0.05, 0) is 56.5 Å². The van der Waals surface area contributed by atoms with E-state index >= 15 is 0 Å². The summed E-state index contributed by atoms with van der Waals surface area (Å²) in [5, 5.41) is 10.7. The van der Waals surface area contributed by atoms with Crippen LogP contribution in [0.2, 0.25) is 0 Å². The molecule has 2 aromatic carbocycles. The average Bonchev–Trinajstić information content (AvgIpc) is 3.26. The van der Waals surface area contributed by atoms with E-state index in [4.69, 9.17) is 4.74 Å². The molecule has 6 heteroatoms. The number of hydrogen-bond donors (Lipinski definition) is 2. The van der Waals surface area contributed by atoms with E-state index in [1.807, 2.05) is 48.2 Å². The van der Waals surface area contributed by atoms with Gasteiger partial charge in [0.1, 0.15) is 5.75 Å². The highest BCUT2D eigenvalue weighted by atomic mass is 16.5. The summed E-state index contributed by atoms with van der Waals surface area (Å²) in [7, 11) is 1.67. The summed E-state index contributed by atoms with van der Waals surface area (Å²) >= 11 is 0. The number of aromatic nitrogens is 2. The molecule has 0 saturated carbocycles. The van der Waals surface area contributed by atoms with Gasteiger partial charge < -0.3 is 15.0 Å². The number of nitrogens with zero attached hydrogens (tertiary/aromatic N) is 2. The van der Waals surface area contributed by atoms with Gasteiger partial charge in [-0.2, -0.15) is 5.10 Å². The van der Waals surface area contributed by atoms with Crippen molar-refractivity contribution in [1.29, 1.82) is 0 Å². The molecule has 0 radical (unpaired) electrons. The van der Waals surface area contributed by atoms with Crippen LogP contribution in [0.3, 0.4) is 0 Å². The number of ether oxygens (including phenoxy) is 1. The second-order valence-corrected chi connectivity index (χ2v) is 7.95. The lowest BCUT2D eigenvalue weighted by atomic mass is 9.93. The smallest absolute Gasteiger partial charge is 0.321 e. The van der Waals surface area contributed by atoms with Crippen LogP contribution >= 0.6 is 0 Å². The molecule has 0 spiro atoms. The Labute approximate surface area is 177 Å². The molecule has 1 fully saturated rings. The summed E-state index contributed by atoms with van der Waals surface area (Å²) in [5.41, 5.74) is 6.23. The molecule has 156 valence electrons. The van der Waals surface area contributed by atoms with E-state index in [-0.39, 0.29) is 6.03 Å². The second-order valence-electron chi connectivity index (χ2n) is 7.95. The predicted molar refractivity (Wildman–Crippen MR) is 119 cm³/mol. The monoisotopic (exact) mass is 404 g/mol. The topological polar surface area (TPSA) is 70.2 Å². The van der Waals surface area contributed by atoms with Gasteiger partial charge >= 0.3 is 6.03 Å². The maximum absolute atomic E-state index is 12.7. The number of piperidine rings is 1. The molecule has 1 saturated heterocycles. The van der Waals surface area contributed by atoms with Gasteiger partial charge in [0.05, 0.1) is 12.8 Å². The van der Waals surface area contributed by atoms with Crippen LogP contribution in [-0.4, -0.2) is 41.3 Å². The quantitative estimate of drug-likeness (QED) is 0.634. The van der Waals surface area contributed by atoms with E-state index in [9.17, 15) is 4.79 Å². The van der Waals surface area contributed by atoms with Crippen LogP contribution in [0.5, 0.6) is 5.75 Å². The number of carbonyl (C=O) groups excluding carboxylic acids is 1. The fourth-order valence-electron chi connectivity index (χ4n) is 4.02. The normalized spacial score (nSPS) is 14.6. The lowest BCUT2D eigenvalue weighted by molar-refractivity contribution is 0.194. The Hall–Kier alpha value is -3.28. The largest absolute Gasteiger partial charge is 0.497 e. The molecule has 0 bridgehead atoms. The van der Waals surface area contributed by atoms with Crippen LogP contribution < -0.4 is 10.1 Å². The predicted octanol–water partition coefficient (Wildman–Crippen LogP) is 5.11. The number of nitrogens with one attached hydrogen (secondary N) is 2. The van der Waals surface area contributed by atoms with Crippen molar-refractivity contribution in [1.82, 2.24) is 15.1 Å². The first kappa shape index (κ1) is 20.0. The SMILES string of the molecule is COc1cccc(-c2cc(C3CCN(C(=O)Nc4ccc(C)cc4C)CC3)[nH]n2)c1. The molecule has 1 aromatic heterocycles. The highest BCUT2D eigenvalue weighted by molar-refractivity contribution is 5.90. The maximum atomic E-state index is 12.7. The zero-order valence-corrected chi connectivity index (χ0v) is 17.7. The van der Waals surface area contributed by atoms with Crippen molar-refractivity contribution in [3.63, 3.8) is 0 Å². The number of aryl methyl sites for hydroxylation is 2. The molecular weight excluding hydrogens is 376 g/mol. The highest BCUT2D eigenvalue weighted by Crippen LogP contribution is 2.30. The van der Waals surface area contributed by atoms with E-state index in [2.05, 4.69) is 34.6 Å². The number of methoxy groups -OCH3 is 1. The first-order valence-electron chi connectivity index (χ1n) is 10.4. The second kappa shape index (κ2) is 8.61. The Bertz CT molecular complexity index is 1040. The number of aromatic amines is 1. The fraction of sp³-hybridized carbons (Fsp3) is 0.333. The molecule has 0 unspecified atom stereocenters. The van der Waals surface area contributed by atoms with Crippen molar-refractivity contribution in [3.8, 4) is 17.0 Å². The van der Waals surface area contributed by atoms with E-state index < -0.39 is 0 Å². The number of hydrogen-bond acceptors (Lipinski definition) is 3. The van der Waals surface area contributed by atoms with Crippen LogP contribution in [0.25, 0.3) is 11.3 Å². The van der Waals surface area contributed by atoms with Gasteiger partial charge in [0.2, 0.25) is 0 Å². The molecule has 1 aliphatic rings. The molecule has 2 heterocycles. The minimum atomic E-state index is -0.0258. The standard InChI is InChI=1S/C24H28N4O2/c1-16-7-8-21(17(2)13-16)25-24(29)28-11-9-18(10-12-28)22-15-23(27-26-22)19-5-4-6-20(14-19)30-3/h4-8,13-15,18H,9-12H2,1-3H3,(H,25,29)(H,26,27). The van der Waals surface area contributed by atoms with Crippen molar-refractivity contribution in [3.05, 3.63) is 65.4 Å². The highest BCUT2D eigenvalue weighted by Gasteiger charge is 2.25. The maximum Gasteiger partial charge on any atom is 0.321 e. The number of carbonyl (C=O) groups is 1. The van der Waals surface area contributed by atoms with Gasteiger partial charge in [-0.15, -0.1) is 0 Å². The summed E-state index contributed by atoms with van der Waals surface area (Å²) in [6.07, 6.45) is 1.83. The third-order valence-electron chi connectivity index (χ3n) is 5.81. The molecule has 30 heavy (non-hydrogen) atoms. The van der Waals surface area contributed by atoms with Crippen LogP contribution in [-0.2, 0) is 0 Å². The lowest BCUT2D eigenvalue weighted by Crippen LogP contribution is -2.40. The minimum absolute atomic E-state index is 0.0258. The Morgan fingerprint density at radius 1 is 1.13 bits per heavy atom. The minimum Gasteiger partial charge on any atom is -0.497 e. The third kappa shape index (κ3) is 4.32. The van der Waals surface area contributed by atoms with Crippen molar-refractivity contribution < 1.29 is 9.53 Å². The number of anilines is 1. The van der Waals surface area contributed by atoms with Gasteiger partial charge in [0.25, 0.3) is 0 Å². The summed E-state index contributed by atoms with van der Waals surface area (Å²) in [6.45, 7) is 5.54. The third-order valence-corrected chi connectivity index (χ3v) is 5.81. The van der Waals surface area contributed by atoms with Gasteiger partial charge in [0.15, 0.2) is 0 Å². The van der Waals surface area contributed by atoms with Gasteiger partial charge in [-0.25, -0.2) is 4.79 Å². The van der Waals surface area contributed by atoms with E-state index in [1.165, 1.54) is 5.56 Å².